The second-order valence-corrected chi connectivity index (χ2v) is 3.26. The third-order valence-corrected chi connectivity index (χ3v) is 2.66. The molecule has 0 aromatic carbocycles. The fourth-order valence-corrected chi connectivity index (χ4v) is 2.12. The number of carbonyl (C=O) groups excluding carboxylic acids is 1. The molecule has 0 saturated heterocycles. The third kappa shape index (κ3) is 1.50. The summed E-state index contributed by atoms with van der Waals surface area (Å²) in [6.07, 6.45) is 4.58. The molecule has 2 bridgehead atoms. The second kappa shape index (κ2) is 4.22. The minimum Gasteiger partial charge on any atom is -0.481 e. The van der Waals surface area contributed by atoms with Crippen LogP contribution >= 0.6 is 0 Å². The number of fused-ring (bicyclic) bond motifs is 2. The minimum absolute atomic E-state index is 0.0314. The van der Waals surface area contributed by atoms with Crippen molar-refractivity contribution in [3.8, 4) is 0 Å². The molecule has 1 saturated carbocycles. The number of hydrogen-bond donors (Lipinski definition) is 2. The number of aliphatic carboxylic acids is 1. The van der Waals surface area contributed by atoms with Crippen LogP contribution in [0.15, 0.2) is 17.7 Å². The van der Waals surface area contributed by atoms with Gasteiger partial charge in [-0.05, 0) is 12.3 Å². The molecule has 0 amide bonds. The van der Waals surface area contributed by atoms with Gasteiger partial charge in [0, 0.05) is 18.6 Å². The van der Waals surface area contributed by atoms with Crippen LogP contribution in [-0.4, -0.2) is 29.2 Å². The number of carbonyl (C=O) groups is 1. The van der Waals surface area contributed by atoms with Crippen LogP contribution in [0.4, 0.5) is 0 Å². The van der Waals surface area contributed by atoms with Gasteiger partial charge in [-0.3, -0.25) is 4.79 Å². The van der Waals surface area contributed by atoms with Gasteiger partial charge >= 0.3 is 5.97 Å². The van der Waals surface area contributed by atoms with E-state index in [2.05, 4.69) is 0 Å². The molecule has 0 radical (unpaired) electrons. The Bertz CT molecular complexity index is 312. The maximum atomic E-state index is 10.7. The van der Waals surface area contributed by atoms with Crippen LogP contribution in [0.3, 0.4) is 0 Å². The SMILES string of the molecule is CO.O=C=C1C2C=CC(C2)C1C(=O)O. The monoisotopic (exact) mass is 196 g/mol. The van der Waals surface area contributed by atoms with E-state index >= 15 is 0 Å². The predicted molar refractivity (Wildman–Crippen MR) is 49.2 cm³/mol. The highest BCUT2D eigenvalue weighted by Gasteiger charge is 2.45. The minimum atomic E-state index is -0.898. The normalized spacial score (nSPS) is 32.1. The van der Waals surface area contributed by atoms with Gasteiger partial charge in [-0.25, -0.2) is 4.79 Å². The summed E-state index contributed by atoms with van der Waals surface area (Å²) in [4.78, 5) is 21.2. The number of carboxylic acid groups (broad SMARTS) is 1. The molecule has 76 valence electrons. The van der Waals surface area contributed by atoms with E-state index in [-0.39, 0.29) is 11.8 Å². The van der Waals surface area contributed by atoms with Crippen LogP contribution in [0.1, 0.15) is 6.42 Å². The van der Waals surface area contributed by atoms with E-state index in [1.54, 1.807) is 5.94 Å². The van der Waals surface area contributed by atoms with E-state index in [4.69, 9.17) is 10.2 Å². The van der Waals surface area contributed by atoms with Crippen LogP contribution in [0.25, 0.3) is 0 Å². The molecule has 2 aliphatic carbocycles. The summed E-state index contributed by atoms with van der Waals surface area (Å²) in [7, 11) is 1.00. The zero-order valence-corrected chi connectivity index (χ0v) is 7.80. The van der Waals surface area contributed by atoms with Crippen molar-refractivity contribution in [1.29, 1.82) is 0 Å². The number of aliphatic hydroxyl groups is 1. The largest absolute Gasteiger partial charge is 0.481 e. The summed E-state index contributed by atoms with van der Waals surface area (Å²) in [6.45, 7) is 0. The molecule has 2 rings (SSSR count). The van der Waals surface area contributed by atoms with Gasteiger partial charge in [0.25, 0.3) is 0 Å². The molecular weight excluding hydrogens is 184 g/mol. The summed E-state index contributed by atoms with van der Waals surface area (Å²) in [5.41, 5.74) is 0.426. The van der Waals surface area contributed by atoms with E-state index < -0.39 is 11.9 Å². The first-order valence-electron chi connectivity index (χ1n) is 4.34. The number of hydrogen-bond acceptors (Lipinski definition) is 3. The van der Waals surface area contributed by atoms with Crippen molar-refractivity contribution >= 4 is 11.9 Å². The van der Waals surface area contributed by atoms with Gasteiger partial charge in [0.1, 0.15) is 5.94 Å². The van der Waals surface area contributed by atoms with E-state index in [9.17, 15) is 9.59 Å². The first kappa shape index (κ1) is 10.7. The molecule has 14 heavy (non-hydrogen) atoms. The van der Waals surface area contributed by atoms with Crippen LogP contribution in [0, 0.1) is 17.8 Å². The highest BCUT2D eigenvalue weighted by Crippen LogP contribution is 2.46. The van der Waals surface area contributed by atoms with Crippen molar-refractivity contribution in [2.24, 2.45) is 17.8 Å². The lowest BCUT2D eigenvalue weighted by Gasteiger charge is -2.12. The molecule has 4 nitrogen and oxygen atoms in total. The molecule has 3 atom stereocenters. The van der Waals surface area contributed by atoms with E-state index in [1.807, 2.05) is 12.2 Å². The molecule has 2 N–H and O–H groups in total. The fourth-order valence-electron chi connectivity index (χ4n) is 2.12. The molecule has 4 heteroatoms. The van der Waals surface area contributed by atoms with Crippen molar-refractivity contribution in [3.63, 3.8) is 0 Å². The van der Waals surface area contributed by atoms with E-state index in [1.165, 1.54) is 0 Å². The Hall–Kier alpha value is -1.38. The van der Waals surface area contributed by atoms with E-state index in [0.717, 1.165) is 13.5 Å². The Morgan fingerprint density at radius 1 is 1.50 bits per heavy atom. The first-order chi connectivity index (χ1) is 6.74. The maximum absolute atomic E-state index is 10.7. The fraction of sp³-hybridized carbons (Fsp3) is 0.500. The third-order valence-electron chi connectivity index (χ3n) is 2.66. The van der Waals surface area contributed by atoms with Gasteiger partial charge in [0.05, 0.1) is 5.92 Å². The zero-order valence-electron chi connectivity index (χ0n) is 7.80. The summed E-state index contributed by atoms with van der Waals surface area (Å²) in [6, 6.07) is 0. The smallest absolute Gasteiger partial charge is 0.312 e. The van der Waals surface area contributed by atoms with Crippen molar-refractivity contribution < 1.29 is 19.8 Å². The van der Waals surface area contributed by atoms with Gasteiger partial charge in [0.2, 0.25) is 0 Å². The Morgan fingerprint density at radius 3 is 2.57 bits per heavy atom. The van der Waals surface area contributed by atoms with E-state index in [0.29, 0.717) is 5.57 Å². The Kier molecular flexibility index (Phi) is 3.23. The molecule has 0 aliphatic heterocycles. The zero-order chi connectivity index (χ0) is 10.7. The number of aliphatic hydroxyl groups excluding tert-OH is 1. The van der Waals surface area contributed by atoms with Gasteiger partial charge in [-0.2, -0.15) is 0 Å². The van der Waals surface area contributed by atoms with Crippen molar-refractivity contribution in [2.75, 3.05) is 7.11 Å². The molecule has 2 aliphatic rings. The highest BCUT2D eigenvalue weighted by molar-refractivity contribution is 5.80. The van der Waals surface area contributed by atoms with Gasteiger partial charge in [-0.15, -0.1) is 0 Å². The molecule has 0 heterocycles. The predicted octanol–water partition coefficient (Wildman–Crippen LogP) is 0.260. The van der Waals surface area contributed by atoms with Gasteiger partial charge in [0.15, 0.2) is 0 Å². The molecule has 0 spiro atoms. The number of allylic oxidation sites excluding steroid dienone is 2. The molecule has 0 aromatic rings. The van der Waals surface area contributed by atoms with Crippen molar-refractivity contribution in [2.45, 2.75) is 6.42 Å². The van der Waals surface area contributed by atoms with Gasteiger partial charge in [-0.1, -0.05) is 12.2 Å². The molecule has 1 fully saturated rings. The van der Waals surface area contributed by atoms with Crippen LogP contribution < -0.4 is 0 Å². The highest BCUT2D eigenvalue weighted by atomic mass is 16.4. The first-order valence-corrected chi connectivity index (χ1v) is 4.34. The van der Waals surface area contributed by atoms with Crippen LogP contribution in [0.2, 0.25) is 0 Å². The average Bonchev–Trinajstić information content (AvgIpc) is 2.79. The summed E-state index contributed by atoms with van der Waals surface area (Å²) in [5.74, 6) is 0.345. The molecule has 3 unspecified atom stereocenters. The summed E-state index contributed by atoms with van der Waals surface area (Å²) < 4.78 is 0. The standard InChI is InChI=1S/C9H8O3.CH4O/c10-4-7-5-1-2-6(3-5)8(7)9(11)12;1-2/h1-2,5-6,8H,3H2,(H,11,12);2H,1H3. The summed E-state index contributed by atoms with van der Waals surface area (Å²) in [5, 5.41) is 15.8. The lowest BCUT2D eigenvalue weighted by molar-refractivity contribution is -0.141. The Balaban J connectivity index is 0.000000461. The molecular formula is C10H12O4. The summed E-state index contributed by atoms with van der Waals surface area (Å²) >= 11 is 0. The Labute approximate surface area is 81.6 Å². The number of carboxylic acids is 1. The van der Waals surface area contributed by atoms with Crippen molar-refractivity contribution in [3.05, 3.63) is 17.7 Å². The second-order valence-electron chi connectivity index (χ2n) is 3.26. The average molecular weight is 196 g/mol. The maximum Gasteiger partial charge on any atom is 0.312 e. The number of rotatable bonds is 1. The lowest BCUT2D eigenvalue weighted by Crippen LogP contribution is -2.20. The topological polar surface area (TPSA) is 74.6 Å². The van der Waals surface area contributed by atoms with Gasteiger partial charge < -0.3 is 10.2 Å². The molecule has 0 aromatic heterocycles. The van der Waals surface area contributed by atoms with Crippen molar-refractivity contribution in [1.82, 2.24) is 0 Å². The quantitative estimate of drug-likeness (QED) is 0.466. The van der Waals surface area contributed by atoms with Crippen LogP contribution in [0.5, 0.6) is 0 Å². The Morgan fingerprint density at radius 2 is 2.14 bits per heavy atom. The lowest BCUT2D eigenvalue weighted by atomic mass is 9.90. The van der Waals surface area contributed by atoms with Crippen LogP contribution in [-0.2, 0) is 9.59 Å².